The summed E-state index contributed by atoms with van der Waals surface area (Å²) in [7, 11) is 0. The Kier molecular flexibility index (Phi) is 9.53. The van der Waals surface area contributed by atoms with Gasteiger partial charge in [-0.15, -0.1) is 0 Å². The molecular formula is C28H36N2O6. The Balaban J connectivity index is 0.000000572. The van der Waals surface area contributed by atoms with Crippen LogP contribution < -0.4 is 10.5 Å². The number of carbonyl (C=O) groups excluding carboxylic acids is 4. The fraction of sp³-hybridized carbons (Fsp3) is 0.429. The van der Waals surface area contributed by atoms with Crippen molar-refractivity contribution >= 4 is 29.2 Å². The van der Waals surface area contributed by atoms with E-state index in [1.165, 1.54) is 50.8 Å². The van der Waals surface area contributed by atoms with Crippen molar-refractivity contribution in [2.45, 2.75) is 60.0 Å². The molecule has 0 aliphatic heterocycles. The summed E-state index contributed by atoms with van der Waals surface area (Å²) in [6.45, 7) is 16.3. The molecular weight excluding hydrogens is 460 g/mol. The van der Waals surface area contributed by atoms with Crippen molar-refractivity contribution in [3.63, 3.8) is 0 Å². The zero-order valence-corrected chi connectivity index (χ0v) is 22.1. The molecule has 0 heterocycles. The second kappa shape index (κ2) is 11.9. The number of rotatable bonds is 7. The lowest BCUT2D eigenvalue weighted by Gasteiger charge is -2.28. The first-order valence-corrected chi connectivity index (χ1v) is 12.2. The van der Waals surface area contributed by atoms with Crippen LogP contribution >= 0.6 is 0 Å². The molecule has 0 amide bonds. The monoisotopic (exact) mass is 496 g/mol. The number of ether oxygens (including phenoxy) is 2. The fourth-order valence-corrected chi connectivity index (χ4v) is 4.19. The number of hydrogen-bond acceptors (Lipinski definition) is 8. The van der Waals surface area contributed by atoms with Gasteiger partial charge in [-0.3, -0.25) is 19.2 Å². The van der Waals surface area contributed by atoms with Gasteiger partial charge in [0.15, 0.2) is 0 Å². The molecule has 2 N–H and O–H groups in total. The predicted octanol–water partition coefficient (Wildman–Crippen LogP) is 4.50. The number of Topliss-reactive ketones (excluding diaryl/α,β-unsaturated/α-hetero) is 2. The normalized spacial score (nSPS) is 16.5. The highest BCUT2D eigenvalue weighted by atomic mass is 16.6. The number of nitrogen functional groups attached to an aromatic ring is 1. The van der Waals surface area contributed by atoms with Crippen molar-refractivity contribution in [3.05, 3.63) is 58.7 Å². The minimum atomic E-state index is -2.30. The lowest BCUT2D eigenvalue weighted by molar-refractivity contribution is -0.149. The fourth-order valence-electron chi connectivity index (χ4n) is 4.19. The molecule has 0 fully saturated rings. The summed E-state index contributed by atoms with van der Waals surface area (Å²) >= 11 is 0. The first-order chi connectivity index (χ1) is 16.9. The van der Waals surface area contributed by atoms with Gasteiger partial charge in [0.05, 0.1) is 11.1 Å². The van der Waals surface area contributed by atoms with Crippen molar-refractivity contribution in [1.29, 1.82) is 0 Å². The molecule has 0 saturated carbocycles. The van der Waals surface area contributed by atoms with Crippen molar-refractivity contribution in [2.24, 2.45) is 0 Å². The third-order valence-corrected chi connectivity index (χ3v) is 6.15. The van der Waals surface area contributed by atoms with Crippen LogP contribution in [0.25, 0.3) is 0 Å². The molecule has 2 aromatic rings. The van der Waals surface area contributed by atoms with E-state index < -0.39 is 29.1 Å². The molecule has 0 radical (unpaired) electrons. The standard InChI is InChI=1S/C22H21NO6.C6H15N/c1-11(2)14-8-9-16(18(10-14)28-12(3)24)22(29-13(4)25)20(26)15-6-5-7-17(23)19(15)21(22)27;1-4-7(5-2)6-3/h5-11H,23H2,1-4H3;4-6H2,1-3H3. The molecule has 1 aliphatic rings. The van der Waals surface area contributed by atoms with Crippen LogP contribution in [0.1, 0.15) is 86.2 Å². The van der Waals surface area contributed by atoms with Gasteiger partial charge >= 0.3 is 11.9 Å². The quantitative estimate of drug-likeness (QED) is 0.258. The zero-order valence-electron chi connectivity index (χ0n) is 22.1. The third-order valence-electron chi connectivity index (χ3n) is 6.15. The van der Waals surface area contributed by atoms with Crippen molar-refractivity contribution in [2.75, 3.05) is 25.4 Å². The number of nitrogens with two attached hydrogens (primary N) is 1. The lowest BCUT2D eigenvalue weighted by atomic mass is 9.86. The minimum Gasteiger partial charge on any atom is -0.437 e. The van der Waals surface area contributed by atoms with Crippen LogP contribution in [0.3, 0.4) is 0 Å². The zero-order chi connectivity index (χ0) is 27.2. The molecule has 0 spiro atoms. The summed E-state index contributed by atoms with van der Waals surface area (Å²) in [6, 6.07) is 9.23. The van der Waals surface area contributed by atoms with E-state index in [2.05, 4.69) is 25.7 Å². The van der Waals surface area contributed by atoms with Crippen molar-refractivity contribution < 1.29 is 28.7 Å². The average Bonchev–Trinajstić information content (AvgIpc) is 3.03. The van der Waals surface area contributed by atoms with E-state index in [9.17, 15) is 19.2 Å². The molecule has 194 valence electrons. The Morgan fingerprint density at radius 1 is 0.944 bits per heavy atom. The summed E-state index contributed by atoms with van der Waals surface area (Å²) < 4.78 is 10.7. The maximum absolute atomic E-state index is 13.4. The van der Waals surface area contributed by atoms with Gasteiger partial charge in [0.25, 0.3) is 5.60 Å². The summed E-state index contributed by atoms with van der Waals surface area (Å²) in [5.41, 5.74) is 4.58. The van der Waals surface area contributed by atoms with Gasteiger partial charge in [0.2, 0.25) is 11.6 Å². The van der Waals surface area contributed by atoms with Crippen LogP contribution in [0.2, 0.25) is 0 Å². The van der Waals surface area contributed by atoms with E-state index in [0.717, 1.165) is 12.5 Å². The predicted molar refractivity (Wildman–Crippen MR) is 138 cm³/mol. The van der Waals surface area contributed by atoms with Crippen LogP contribution in [-0.2, 0) is 19.9 Å². The van der Waals surface area contributed by atoms with E-state index in [1.807, 2.05) is 13.8 Å². The van der Waals surface area contributed by atoms with Crippen molar-refractivity contribution in [1.82, 2.24) is 4.90 Å². The Bertz CT molecular complexity index is 1150. The van der Waals surface area contributed by atoms with Crippen molar-refractivity contribution in [3.8, 4) is 5.75 Å². The molecule has 3 rings (SSSR count). The Labute approximate surface area is 212 Å². The molecule has 0 saturated heterocycles. The van der Waals surface area contributed by atoms with Crippen LogP contribution in [0.15, 0.2) is 36.4 Å². The molecule has 1 atom stereocenters. The Morgan fingerprint density at radius 2 is 1.56 bits per heavy atom. The highest BCUT2D eigenvalue weighted by molar-refractivity contribution is 6.34. The van der Waals surface area contributed by atoms with E-state index in [-0.39, 0.29) is 34.0 Å². The minimum absolute atomic E-state index is 0.0135. The van der Waals surface area contributed by atoms with E-state index in [0.29, 0.717) is 0 Å². The topological polar surface area (TPSA) is 116 Å². The number of anilines is 1. The molecule has 2 aromatic carbocycles. The third kappa shape index (κ3) is 5.65. The second-order valence-corrected chi connectivity index (χ2v) is 8.83. The molecule has 0 bridgehead atoms. The number of esters is 2. The van der Waals surface area contributed by atoms with Gasteiger partial charge in [-0.2, -0.15) is 0 Å². The average molecular weight is 497 g/mol. The first kappa shape index (κ1) is 28.7. The summed E-state index contributed by atoms with van der Waals surface area (Å²) in [4.78, 5) is 52.8. The van der Waals surface area contributed by atoms with E-state index >= 15 is 0 Å². The first-order valence-electron chi connectivity index (χ1n) is 12.2. The van der Waals surface area contributed by atoms with Crippen LogP contribution in [0, 0.1) is 0 Å². The van der Waals surface area contributed by atoms with Crippen LogP contribution in [-0.4, -0.2) is 48.0 Å². The molecule has 0 aromatic heterocycles. The number of nitrogens with zero attached hydrogens (tertiary/aromatic N) is 1. The van der Waals surface area contributed by atoms with Gasteiger partial charge in [-0.25, -0.2) is 0 Å². The summed E-state index contributed by atoms with van der Waals surface area (Å²) in [5, 5.41) is 0. The largest absolute Gasteiger partial charge is 0.437 e. The number of benzene rings is 2. The number of carbonyl (C=O) groups is 4. The maximum atomic E-state index is 13.4. The van der Waals surface area contributed by atoms with E-state index in [1.54, 1.807) is 12.1 Å². The molecule has 1 unspecified atom stereocenters. The lowest BCUT2D eigenvalue weighted by Crippen LogP contribution is -2.43. The number of hydrogen-bond donors (Lipinski definition) is 1. The molecule has 1 aliphatic carbocycles. The number of ketones is 2. The summed E-state index contributed by atoms with van der Waals surface area (Å²) in [6.07, 6.45) is 0. The molecule has 8 heteroatoms. The number of fused-ring (bicyclic) bond motifs is 1. The van der Waals surface area contributed by atoms with Crippen LogP contribution in [0.4, 0.5) is 5.69 Å². The smallest absolute Gasteiger partial charge is 0.308 e. The highest BCUT2D eigenvalue weighted by Gasteiger charge is 2.59. The van der Waals surface area contributed by atoms with Crippen LogP contribution in [0.5, 0.6) is 5.75 Å². The second-order valence-electron chi connectivity index (χ2n) is 8.83. The molecule has 36 heavy (non-hydrogen) atoms. The molecule has 8 nitrogen and oxygen atoms in total. The van der Waals surface area contributed by atoms with Gasteiger partial charge in [0.1, 0.15) is 5.75 Å². The SMILES string of the molecule is CC(=O)Oc1cc(C(C)C)ccc1C1(OC(C)=O)C(=O)c2cccc(N)c2C1=O.CCN(CC)CC. The maximum Gasteiger partial charge on any atom is 0.308 e. The van der Waals surface area contributed by atoms with Gasteiger partial charge in [-0.05, 0) is 49.3 Å². The van der Waals surface area contributed by atoms with E-state index in [4.69, 9.17) is 15.2 Å². The van der Waals surface area contributed by atoms with Gasteiger partial charge < -0.3 is 20.1 Å². The highest BCUT2D eigenvalue weighted by Crippen LogP contribution is 2.46. The van der Waals surface area contributed by atoms with Gasteiger partial charge in [0, 0.05) is 25.1 Å². The Morgan fingerprint density at radius 3 is 2.00 bits per heavy atom. The van der Waals surface area contributed by atoms with Gasteiger partial charge in [-0.1, -0.05) is 52.8 Å². The summed E-state index contributed by atoms with van der Waals surface area (Å²) in [5.74, 6) is -2.90. The Hall–Kier alpha value is -3.52.